The van der Waals surface area contributed by atoms with Gasteiger partial charge in [-0.1, -0.05) is 89.8 Å². The summed E-state index contributed by atoms with van der Waals surface area (Å²) in [5.41, 5.74) is 9.80. The summed E-state index contributed by atoms with van der Waals surface area (Å²) in [6.07, 6.45) is 8.81. The van der Waals surface area contributed by atoms with Crippen LogP contribution in [0.3, 0.4) is 0 Å². The highest BCUT2D eigenvalue weighted by Crippen LogP contribution is 2.29. The molecule has 0 bridgehead atoms. The van der Waals surface area contributed by atoms with Gasteiger partial charge in [0.05, 0.1) is 22.8 Å². The zero-order valence-electron chi connectivity index (χ0n) is 20.0. The predicted octanol–water partition coefficient (Wildman–Crippen LogP) is 8.38. The topological polar surface area (TPSA) is 24.7 Å². The number of hydrogen-bond acceptors (Lipinski definition) is 2. The Bertz CT molecular complexity index is 752. The molecular weight excluding hydrogens is 364 g/mol. The lowest BCUT2D eigenvalue weighted by molar-refractivity contribution is 0.894. The predicted molar refractivity (Wildman–Crippen MR) is 134 cm³/mol. The van der Waals surface area contributed by atoms with Crippen molar-refractivity contribution in [3.63, 3.8) is 0 Å². The van der Waals surface area contributed by atoms with Gasteiger partial charge >= 0.3 is 0 Å². The van der Waals surface area contributed by atoms with Crippen molar-refractivity contribution in [1.82, 2.24) is 0 Å². The maximum Gasteiger partial charge on any atom is 0.0697 e. The number of hydrogen-bond donors (Lipinski definition) is 0. The summed E-state index contributed by atoms with van der Waals surface area (Å²) in [6.45, 7) is 13.2. The molecule has 0 saturated heterocycles. The van der Waals surface area contributed by atoms with Crippen LogP contribution in [0, 0.1) is 0 Å². The van der Waals surface area contributed by atoms with Crippen molar-refractivity contribution in [2.75, 3.05) is 0 Å². The Morgan fingerprint density at radius 3 is 1.03 bits per heavy atom. The molecule has 0 unspecified atom stereocenters. The molecule has 2 aromatic rings. The molecule has 2 rings (SSSR count). The molecule has 0 radical (unpaired) electrons. The molecule has 0 spiro atoms. The molecule has 0 N–H and O–H groups in total. The van der Waals surface area contributed by atoms with Gasteiger partial charge in [0.1, 0.15) is 0 Å². The fourth-order valence-corrected chi connectivity index (χ4v) is 3.96. The minimum atomic E-state index is 1.02. The molecule has 30 heavy (non-hydrogen) atoms. The summed E-state index contributed by atoms with van der Waals surface area (Å²) < 4.78 is 0. The molecule has 0 saturated carbocycles. The first-order valence-electron chi connectivity index (χ1n) is 11.9. The van der Waals surface area contributed by atoms with Crippen LogP contribution in [-0.2, 0) is 25.7 Å². The third-order valence-electron chi connectivity index (χ3n) is 5.57. The molecule has 0 fully saturated rings. The third kappa shape index (κ3) is 6.39. The van der Waals surface area contributed by atoms with E-state index in [0.717, 1.165) is 62.8 Å². The standard InChI is InChI=1S/C28H40N2/c1-7-13-23-17-11-18-24(14-8-2)27(23)29-21(5)22(6)30-28-25(15-9-3)19-12-20-26(28)16-10-4/h11-12,17-20H,7-10,13-16H2,1-6H3. The Morgan fingerprint density at radius 1 is 0.533 bits per heavy atom. The average molecular weight is 405 g/mol. The number of nitrogens with zero attached hydrogens (tertiary/aromatic N) is 2. The summed E-state index contributed by atoms with van der Waals surface area (Å²) in [4.78, 5) is 10.3. The Labute approximate surface area is 184 Å². The van der Waals surface area contributed by atoms with Crippen molar-refractivity contribution < 1.29 is 0 Å². The summed E-state index contributed by atoms with van der Waals surface area (Å²) in [7, 11) is 0. The van der Waals surface area contributed by atoms with Gasteiger partial charge < -0.3 is 0 Å². The quantitative estimate of drug-likeness (QED) is 0.336. The Morgan fingerprint density at radius 2 is 0.800 bits per heavy atom. The summed E-state index contributed by atoms with van der Waals surface area (Å²) in [5, 5.41) is 0. The second-order valence-electron chi connectivity index (χ2n) is 8.24. The number of rotatable bonds is 11. The zero-order chi connectivity index (χ0) is 21.9. The summed E-state index contributed by atoms with van der Waals surface area (Å²) >= 11 is 0. The molecule has 0 atom stereocenters. The largest absolute Gasteiger partial charge is 0.251 e. The van der Waals surface area contributed by atoms with Crippen molar-refractivity contribution in [3.8, 4) is 0 Å². The van der Waals surface area contributed by atoms with E-state index in [0.29, 0.717) is 0 Å². The number of aliphatic imine (C=N–C) groups is 2. The lowest BCUT2D eigenvalue weighted by Gasteiger charge is -2.13. The van der Waals surface area contributed by atoms with Gasteiger partial charge in [-0.05, 0) is 61.8 Å². The van der Waals surface area contributed by atoms with Crippen molar-refractivity contribution >= 4 is 22.8 Å². The van der Waals surface area contributed by atoms with Gasteiger partial charge in [0.15, 0.2) is 0 Å². The first-order valence-corrected chi connectivity index (χ1v) is 11.9. The number of para-hydroxylation sites is 2. The van der Waals surface area contributed by atoms with E-state index in [4.69, 9.17) is 9.98 Å². The minimum absolute atomic E-state index is 1.02. The lowest BCUT2D eigenvalue weighted by Crippen LogP contribution is -2.07. The fraction of sp³-hybridized carbons (Fsp3) is 0.500. The highest BCUT2D eigenvalue weighted by molar-refractivity contribution is 6.41. The number of benzene rings is 2. The van der Waals surface area contributed by atoms with E-state index in [1.165, 1.54) is 33.6 Å². The SMILES string of the molecule is CCCc1cccc(CCC)c1N=C(C)C(C)=Nc1c(CCC)cccc1CCC. The molecule has 0 aromatic heterocycles. The average Bonchev–Trinajstić information content (AvgIpc) is 2.73. The second kappa shape index (κ2) is 12.5. The van der Waals surface area contributed by atoms with Gasteiger partial charge in [0.25, 0.3) is 0 Å². The molecule has 0 aliphatic heterocycles. The summed E-state index contributed by atoms with van der Waals surface area (Å²) in [5.74, 6) is 0. The smallest absolute Gasteiger partial charge is 0.0697 e. The van der Waals surface area contributed by atoms with Crippen LogP contribution in [0.5, 0.6) is 0 Å². The summed E-state index contributed by atoms with van der Waals surface area (Å²) in [6, 6.07) is 13.3. The van der Waals surface area contributed by atoms with Crippen LogP contribution < -0.4 is 0 Å². The zero-order valence-corrected chi connectivity index (χ0v) is 20.0. The molecule has 2 aromatic carbocycles. The highest BCUT2D eigenvalue weighted by Gasteiger charge is 2.11. The van der Waals surface area contributed by atoms with Crippen molar-refractivity contribution in [3.05, 3.63) is 58.7 Å². The minimum Gasteiger partial charge on any atom is -0.251 e. The van der Waals surface area contributed by atoms with E-state index in [-0.39, 0.29) is 0 Å². The van der Waals surface area contributed by atoms with E-state index >= 15 is 0 Å². The van der Waals surface area contributed by atoms with Crippen LogP contribution in [0.15, 0.2) is 46.4 Å². The highest BCUT2D eigenvalue weighted by atomic mass is 14.8. The Kier molecular flexibility index (Phi) is 10.00. The van der Waals surface area contributed by atoms with Crippen LogP contribution in [-0.4, -0.2) is 11.4 Å². The Hall–Kier alpha value is -2.22. The molecule has 0 aliphatic rings. The molecule has 2 nitrogen and oxygen atoms in total. The van der Waals surface area contributed by atoms with Crippen molar-refractivity contribution in [1.29, 1.82) is 0 Å². The normalized spacial score (nSPS) is 12.5. The Balaban J connectivity index is 2.51. The van der Waals surface area contributed by atoms with Gasteiger partial charge in [-0.15, -0.1) is 0 Å². The maximum atomic E-state index is 5.13. The molecule has 0 amide bonds. The van der Waals surface area contributed by atoms with Crippen molar-refractivity contribution in [2.45, 2.75) is 92.9 Å². The van der Waals surface area contributed by atoms with E-state index < -0.39 is 0 Å². The van der Waals surface area contributed by atoms with Crippen LogP contribution in [0.2, 0.25) is 0 Å². The number of aryl methyl sites for hydroxylation is 4. The molecule has 0 heterocycles. The van der Waals surface area contributed by atoms with Crippen LogP contribution in [0.1, 0.15) is 89.5 Å². The van der Waals surface area contributed by atoms with Gasteiger partial charge in [-0.3, -0.25) is 9.98 Å². The first-order chi connectivity index (χ1) is 14.5. The van der Waals surface area contributed by atoms with E-state index in [1.54, 1.807) is 0 Å². The van der Waals surface area contributed by atoms with E-state index in [9.17, 15) is 0 Å². The van der Waals surface area contributed by atoms with Crippen LogP contribution >= 0.6 is 0 Å². The van der Waals surface area contributed by atoms with E-state index in [2.05, 4.69) is 77.9 Å². The second-order valence-corrected chi connectivity index (χ2v) is 8.24. The van der Waals surface area contributed by atoms with Crippen LogP contribution in [0.4, 0.5) is 11.4 Å². The maximum absolute atomic E-state index is 5.13. The fourth-order valence-electron chi connectivity index (χ4n) is 3.96. The lowest BCUT2D eigenvalue weighted by atomic mass is 10.00. The van der Waals surface area contributed by atoms with Gasteiger partial charge in [0, 0.05) is 0 Å². The first kappa shape index (κ1) is 24.1. The molecular formula is C28H40N2. The van der Waals surface area contributed by atoms with Gasteiger partial charge in [0.2, 0.25) is 0 Å². The van der Waals surface area contributed by atoms with Gasteiger partial charge in [-0.2, -0.15) is 0 Å². The third-order valence-corrected chi connectivity index (χ3v) is 5.57. The van der Waals surface area contributed by atoms with Gasteiger partial charge in [-0.25, -0.2) is 0 Å². The molecule has 162 valence electrons. The van der Waals surface area contributed by atoms with Crippen LogP contribution in [0.25, 0.3) is 0 Å². The monoisotopic (exact) mass is 404 g/mol. The van der Waals surface area contributed by atoms with E-state index in [1.807, 2.05) is 0 Å². The molecule has 2 heteroatoms. The van der Waals surface area contributed by atoms with Crippen molar-refractivity contribution in [2.24, 2.45) is 9.98 Å². The molecule has 0 aliphatic carbocycles.